The Labute approximate surface area is 201 Å². The molecule has 0 amide bonds. The van der Waals surface area contributed by atoms with Gasteiger partial charge in [0.1, 0.15) is 23.8 Å². The number of aliphatic hydroxyl groups is 1. The number of benzene rings is 1. The fraction of sp³-hybridized carbons (Fsp3) is 0.174. The van der Waals surface area contributed by atoms with Crippen LogP contribution in [0.2, 0.25) is 0 Å². The highest BCUT2D eigenvalue weighted by atomic mass is 19.4. The van der Waals surface area contributed by atoms with E-state index in [4.69, 9.17) is 5.73 Å². The van der Waals surface area contributed by atoms with Gasteiger partial charge in [-0.15, -0.1) is 9.38 Å². The van der Waals surface area contributed by atoms with E-state index >= 15 is 0 Å². The van der Waals surface area contributed by atoms with Gasteiger partial charge >= 0.3 is 17.8 Å². The number of halogens is 3. The van der Waals surface area contributed by atoms with E-state index in [0.29, 0.717) is 11.4 Å². The van der Waals surface area contributed by atoms with Crippen LogP contribution in [-0.2, 0) is 26.4 Å². The van der Waals surface area contributed by atoms with Gasteiger partial charge in [0.15, 0.2) is 0 Å². The monoisotopic (exact) mass is 497 g/mol. The number of alkyl halides is 3. The van der Waals surface area contributed by atoms with Crippen LogP contribution in [0.25, 0.3) is 28.0 Å². The number of imidazole rings is 1. The number of anilines is 1. The predicted octanol–water partition coefficient (Wildman–Crippen LogP) is 1.91. The summed E-state index contributed by atoms with van der Waals surface area (Å²) in [6, 6.07) is 10.9. The predicted molar refractivity (Wildman–Crippen MR) is 122 cm³/mol. The Bertz CT molecular complexity index is 1640. The molecule has 0 saturated heterocycles. The number of nitrogens with one attached hydrogen (secondary N) is 1. The zero-order valence-corrected chi connectivity index (χ0v) is 18.9. The second-order valence-electron chi connectivity index (χ2n) is 8.07. The third-order valence-corrected chi connectivity index (χ3v) is 5.70. The second-order valence-corrected chi connectivity index (χ2v) is 8.07. The highest BCUT2D eigenvalue weighted by molar-refractivity contribution is 5.88. The molecule has 0 fully saturated rings. The first-order chi connectivity index (χ1) is 17.2. The molecule has 0 aliphatic rings. The maximum absolute atomic E-state index is 13.7. The number of aliphatic hydroxyl groups excluding tert-OH is 1. The number of aromatic nitrogens is 7. The molecule has 4 N–H and O–H groups in total. The largest absolute Gasteiger partial charge is 0.433 e. The van der Waals surface area contributed by atoms with Crippen LogP contribution in [0.1, 0.15) is 17.2 Å². The summed E-state index contributed by atoms with van der Waals surface area (Å²) in [5.74, 6) is 0.409. The van der Waals surface area contributed by atoms with Gasteiger partial charge in [-0.3, -0.25) is 0 Å². The quantitative estimate of drug-likeness (QED) is 0.318. The molecule has 36 heavy (non-hydrogen) atoms. The van der Waals surface area contributed by atoms with E-state index in [1.54, 1.807) is 54.3 Å². The van der Waals surface area contributed by atoms with Gasteiger partial charge in [-0.2, -0.15) is 17.9 Å². The summed E-state index contributed by atoms with van der Waals surface area (Å²) in [7, 11) is 1.77. The molecule has 184 valence electrons. The van der Waals surface area contributed by atoms with Crippen molar-refractivity contribution >= 4 is 11.6 Å². The Morgan fingerprint density at radius 3 is 2.53 bits per heavy atom. The van der Waals surface area contributed by atoms with Crippen LogP contribution in [0.3, 0.4) is 0 Å². The van der Waals surface area contributed by atoms with Crippen LogP contribution < -0.4 is 15.8 Å². The zero-order valence-electron chi connectivity index (χ0n) is 18.9. The van der Waals surface area contributed by atoms with Crippen molar-refractivity contribution < 1.29 is 22.7 Å². The Hall–Kier alpha value is -4.52. The molecule has 0 atom stereocenters. The molecular formula is C23H20F3N8O2+. The summed E-state index contributed by atoms with van der Waals surface area (Å²) in [5, 5.41) is 12.6. The average Bonchev–Trinajstić information content (AvgIpc) is 3.41. The highest BCUT2D eigenvalue weighted by Gasteiger charge is 2.34. The molecule has 0 aliphatic heterocycles. The molecular weight excluding hydrogens is 477 g/mol. The average molecular weight is 497 g/mol. The van der Waals surface area contributed by atoms with Gasteiger partial charge in [0.05, 0.1) is 17.9 Å². The standard InChI is InChI=1S/C23H19F3N8O2/c1-32-8-7-28-17(32)11-33-22(36)34-20(31-33)18(19(30-21(34)27)13-5-3-2-4-6-13)14-9-15(12-35)29-16(10-14)23(24,25)26/h2-10,35H,11-12H2,1H3,(H2,27,29,30,31)/p+1. The summed E-state index contributed by atoms with van der Waals surface area (Å²) in [6.45, 7) is -0.664. The number of aryl methyl sites for hydroxylation is 1. The van der Waals surface area contributed by atoms with Crippen molar-refractivity contribution in [3.63, 3.8) is 0 Å². The summed E-state index contributed by atoms with van der Waals surface area (Å²) in [4.78, 5) is 25.4. The number of nitrogen functional groups attached to an aromatic ring is 1. The maximum atomic E-state index is 13.7. The fourth-order valence-electron chi connectivity index (χ4n) is 3.99. The van der Waals surface area contributed by atoms with E-state index in [9.17, 15) is 23.1 Å². The van der Waals surface area contributed by atoms with Gasteiger partial charge in [-0.05, 0) is 17.7 Å². The smallest absolute Gasteiger partial charge is 0.390 e. The molecule has 0 saturated carbocycles. The first-order valence-corrected chi connectivity index (χ1v) is 10.7. The lowest BCUT2D eigenvalue weighted by Crippen LogP contribution is -2.44. The number of H-pyrrole nitrogens is 1. The molecule has 10 nitrogen and oxygen atoms in total. The second kappa shape index (κ2) is 8.61. The lowest BCUT2D eigenvalue weighted by atomic mass is 9.99. The van der Waals surface area contributed by atoms with Crippen molar-refractivity contribution in [3.8, 4) is 22.4 Å². The van der Waals surface area contributed by atoms with E-state index in [0.717, 1.165) is 10.5 Å². The number of fused-ring (bicyclic) bond motifs is 1. The van der Waals surface area contributed by atoms with Crippen molar-refractivity contribution in [2.75, 3.05) is 5.73 Å². The molecule has 4 aromatic heterocycles. The summed E-state index contributed by atoms with van der Waals surface area (Å²) in [5.41, 5.74) is 5.41. The van der Waals surface area contributed by atoms with E-state index in [-0.39, 0.29) is 40.7 Å². The lowest BCUT2D eigenvalue weighted by molar-refractivity contribution is -0.516. The minimum absolute atomic E-state index is 0.0512. The number of hydrogen-bond acceptors (Lipinski definition) is 6. The number of nitrogens with zero attached hydrogens (tertiary/aromatic N) is 6. The van der Waals surface area contributed by atoms with Crippen molar-refractivity contribution in [2.45, 2.75) is 19.3 Å². The third kappa shape index (κ3) is 3.98. The van der Waals surface area contributed by atoms with Crippen molar-refractivity contribution in [2.24, 2.45) is 7.05 Å². The Morgan fingerprint density at radius 2 is 1.89 bits per heavy atom. The number of rotatable bonds is 5. The molecule has 5 rings (SSSR count). The van der Waals surface area contributed by atoms with Gasteiger partial charge < -0.3 is 15.4 Å². The molecule has 0 aliphatic carbocycles. The van der Waals surface area contributed by atoms with Gasteiger partial charge in [-0.25, -0.2) is 19.9 Å². The number of hydrogen-bond donors (Lipinski definition) is 3. The van der Waals surface area contributed by atoms with Crippen LogP contribution in [0.15, 0.2) is 59.7 Å². The summed E-state index contributed by atoms with van der Waals surface area (Å²) in [6.07, 6.45) is -1.47. The SMILES string of the molecule is Cn1ccnc1Cn1[nH]c2c(-c3cc(CO)nc(C(F)(F)F)c3)c(-c3ccccc3)nc(N)[n+]2c1=O. The lowest BCUT2D eigenvalue weighted by Gasteiger charge is -2.13. The molecule has 0 spiro atoms. The molecule has 0 bridgehead atoms. The van der Waals surface area contributed by atoms with E-state index < -0.39 is 24.2 Å². The molecule has 4 heterocycles. The van der Waals surface area contributed by atoms with E-state index in [1.165, 1.54) is 10.7 Å². The van der Waals surface area contributed by atoms with E-state index in [2.05, 4.69) is 20.1 Å². The highest BCUT2D eigenvalue weighted by Crippen LogP contribution is 2.36. The maximum Gasteiger partial charge on any atom is 0.433 e. The van der Waals surface area contributed by atoms with Crippen LogP contribution in [0.5, 0.6) is 0 Å². The van der Waals surface area contributed by atoms with Gasteiger partial charge in [0.25, 0.3) is 0 Å². The first-order valence-electron chi connectivity index (χ1n) is 10.7. The number of pyridine rings is 1. The first kappa shape index (κ1) is 23.2. The molecule has 13 heteroatoms. The van der Waals surface area contributed by atoms with Crippen LogP contribution in [0.4, 0.5) is 19.1 Å². The van der Waals surface area contributed by atoms with Crippen LogP contribution in [-0.4, -0.2) is 34.4 Å². The van der Waals surface area contributed by atoms with Crippen LogP contribution >= 0.6 is 0 Å². The topological polar surface area (TPSA) is 132 Å². The number of aromatic amines is 1. The summed E-state index contributed by atoms with van der Waals surface area (Å²) >= 11 is 0. The minimum Gasteiger partial charge on any atom is -0.390 e. The fourth-order valence-corrected chi connectivity index (χ4v) is 3.99. The summed E-state index contributed by atoms with van der Waals surface area (Å²) < 4.78 is 45.1. The Morgan fingerprint density at radius 1 is 1.14 bits per heavy atom. The molecule has 1 aromatic carbocycles. The molecule has 0 unspecified atom stereocenters. The molecule has 0 radical (unpaired) electrons. The zero-order chi connectivity index (χ0) is 25.6. The van der Waals surface area contributed by atoms with Crippen molar-refractivity contribution in [3.05, 3.63) is 82.6 Å². The number of nitrogens with two attached hydrogens (primary N) is 1. The Balaban J connectivity index is 1.86. The normalized spacial score (nSPS) is 11.9. The van der Waals surface area contributed by atoms with Crippen molar-refractivity contribution in [1.82, 2.24) is 29.3 Å². The van der Waals surface area contributed by atoms with E-state index in [1.807, 2.05) is 0 Å². The Kier molecular flexibility index (Phi) is 5.55. The van der Waals surface area contributed by atoms with Crippen LogP contribution in [0, 0.1) is 0 Å². The van der Waals surface area contributed by atoms with Gasteiger partial charge in [0, 0.05) is 25.0 Å². The van der Waals surface area contributed by atoms with Gasteiger partial charge in [-0.1, -0.05) is 30.3 Å². The minimum atomic E-state index is -4.77. The van der Waals surface area contributed by atoms with Gasteiger partial charge in [0.2, 0.25) is 5.65 Å². The van der Waals surface area contributed by atoms with Crippen molar-refractivity contribution in [1.29, 1.82) is 0 Å². The third-order valence-electron chi connectivity index (χ3n) is 5.70. The molecule has 5 aromatic rings.